The first-order valence-electron chi connectivity index (χ1n) is 6.09. The number of nitrogens with zero attached hydrogens (tertiary/aromatic N) is 1. The van der Waals surface area contributed by atoms with Gasteiger partial charge in [0.05, 0.1) is 0 Å². The average molecular weight is 399 g/mol. The maximum absolute atomic E-state index is 12.6. The fourth-order valence-electron chi connectivity index (χ4n) is 1.79. The van der Waals surface area contributed by atoms with Crippen molar-refractivity contribution in [3.05, 3.63) is 33.4 Å². The van der Waals surface area contributed by atoms with Crippen LogP contribution < -0.4 is 0 Å². The van der Waals surface area contributed by atoms with E-state index in [0.29, 0.717) is 0 Å². The van der Waals surface area contributed by atoms with Crippen molar-refractivity contribution < 1.29 is 18.0 Å². The summed E-state index contributed by atoms with van der Waals surface area (Å²) in [6, 6.07) is 6.58. The van der Waals surface area contributed by atoms with Gasteiger partial charge in [-0.3, -0.25) is 4.79 Å². The highest BCUT2D eigenvalue weighted by atomic mass is 127. The summed E-state index contributed by atoms with van der Waals surface area (Å²) in [6.07, 6.45) is -4.40. The second-order valence-corrected chi connectivity index (χ2v) is 7.09. The number of hydrogen-bond donors (Lipinski definition) is 0. The molecule has 2 nitrogen and oxygen atoms in total. The Morgan fingerprint density at radius 1 is 1.20 bits per heavy atom. The Hall–Kier alpha value is -0.790. The fraction of sp³-hybridized carbons (Fsp3) is 0.500. The van der Waals surface area contributed by atoms with E-state index in [1.54, 1.807) is 39.0 Å². The van der Waals surface area contributed by atoms with Gasteiger partial charge in [-0.1, -0.05) is 26.8 Å². The molecule has 0 radical (unpaired) electrons. The number of halogens is 4. The Labute approximate surface area is 130 Å². The molecule has 0 unspecified atom stereocenters. The lowest BCUT2D eigenvalue weighted by Crippen LogP contribution is -2.43. The average Bonchev–Trinajstić information content (AvgIpc) is 2.23. The topological polar surface area (TPSA) is 20.3 Å². The standard InChI is InChI=1S/C14H17F3INO/c1-13(2,3)8-19(9-14(15,16)17)12(20)10-5-4-6-11(18)7-10/h4-7H,8-9H2,1-3H3. The maximum atomic E-state index is 12.6. The Kier molecular flexibility index (Phi) is 5.46. The zero-order valence-corrected chi connectivity index (χ0v) is 13.7. The molecule has 0 saturated carbocycles. The number of carbonyl (C=O) groups excluding carboxylic acids is 1. The highest BCUT2D eigenvalue weighted by molar-refractivity contribution is 14.1. The van der Waals surface area contributed by atoms with Gasteiger partial charge < -0.3 is 4.90 Å². The van der Waals surface area contributed by atoms with Crippen molar-refractivity contribution in [2.75, 3.05) is 13.1 Å². The summed E-state index contributed by atoms with van der Waals surface area (Å²) >= 11 is 2.03. The van der Waals surface area contributed by atoms with Crippen LogP contribution in [-0.2, 0) is 0 Å². The Morgan fingerprint density at radius 2 is 1.80 bits per heavy atom. The molecule has 0 fully saturated rings. The van der Waals surface area contributed by atoms with Crippen molar-refractivity contribution in [1.29, 1.82) is 0 Å². The quantitative estimate of drug-likeness (QED) is 0.693. The third kappa shape index (κ3) is 6.11. The smallest absolute Gasteiger partial charge is 0.329 e. The van der Waals surface area contributed by atoms with Crippen LogP contribution in [0.3, 0.4) is 0 Å². The van der Waals surface area contributed by atoms with Crippen LogP contribution in [0.2, 0.25) is 0 Å². The lowest BCUT2D eigenvalue weighted by molar-refractivity contribution is -0.142. The molecule has 0 spiro atoms. The number of hydrogen-bond acceptors (Lipinski definition) is 1. The molecule has 1 amide bonds. The summed E-state index contributed by atoms with van der Waals surface area (Å²) in [7, 11) is 0. The molecule has 6 heteroatoms. The van der Waals surface area contributed by atoms with E-state index < -0.39 is 24.0 Å². The van der Waals surface area contributed by atoms with Crippen molar-refractivity contribution in [2.45, 2.75) is 26.9 Å². The molecule has 0 saturated heterocycles. The molecule has 112 valence electrons. The van der Waals surface area contributed by atoms with Crippen LogP contribution in [0.25, 0.3) is 0 Å². The molecule has 1 rings (SSSR count). The summed E-state index contributed by atoms with van der Waals surface area (Å²) in [5.41, 5.74) is -0.117. The van der Waals surface area contributed by atoms with Gasteiger partial charge >= 0.3 is 6.18 Å². The lowest BCUT2D eigenvalue weighted by Gasteiger charge is -2.30. The number of rotatable bonds is 3. The summed E-state index contributed by atoms with van der Waals surface area (Å²) in [6.45, 7) is 4.24. The van der Waals surface area contributed by atoms with Crippen LogP contribution in [0.1, 0.15) is 31.1 Å². The largest absolute Gasteiger partial charge is 0.406 e. The molecule has 20 heavy (non-hydrogen) atoms. The van der Waals surface area contributed by atoms with Gasteiger partial charge in [0, 0.05) is 15.7 Å². The van der Waals surface area contributed by atoms with E-state index in [0.717, 1.165) is 8.47 Å². The molecular weight excluding hydrogens is 382 g/mol. The summed E-state index contributed by atoms with van der Waals surface area (Å²) in [4.78, 5) is 13.1. The second kappa shape index (κ2) is 6.32. The van der Waals surface area contributed by atoms with Crippen molar-refractivity contribution in [3.8, 4) is 0 Å². The minimum absolute atomic E-state index is 0.0524. The van der Waals surface area contributed by atoms with E-state index in [-0.39, 0.29) is 12.1 Å². The number of amides is 1. The Balaban J connectivity index is 3.00. The first-order valence-corrected chi connectivity index (χ1v) is 7.17. The van der Waals surface area contributed by atoms with E-state index in [1.807, 2.05) is 22.6 Å². The number of benzene rings is 1. The molecule has 0 bridgehead atoms. The van der Waals surface area contributed by atoms with Gasteiger partial charge in [-0.25, -0.2) is 0 Å². The third-order valence-corrected chi connectivity index (χ3v) is 3.07. The predicted molar refractivity (Wildman–Crippen MR) is 80.6 cm³/mol. The van der Waals surface area contributed by atoms with Gasteiger partial charge in [0.1, 0.15) is 6.54 Å². The summed E-state index contributed by atoms with van der Waals surface area (Å²) < 4.78 is 38.7. The van der Waals surface area contributed by atoms with E-state index in [4.69, 9.17) is 0 Å². The van der Waals surface area contributed by atoms with Gasteiger partial charge in [-0.05, 0) is 46.2 Å². The van der Waals surface area contributed by atoms with Crippen LogP contribution >= 0.6 is 22.6 Å². The molecule has 0 aliphatic rings. The molecule has 0 heterocycles. The van der Waals surface area contributed by atoms with E-state index in [9.17, 15) is 18.0 Å². The molecule has 0 aliphatic carbocycles. The summed E-state index contributed by atoms with van der Waals surface area (Å²) in [5.74, 6) is -0.587. The molecular formula is C14H17F3INO. The summed E-state index contributed by atoms with van der Waals surface area (Å²) in [5, 5.41) is 0. The van der Waals surface area contributed by atoms with E-state index >= 15 is 0 Å². The normalized spacial score (nSPS) is 12.3. The van der Waals surface area contributed by atoms with Crippen LogP contribution in [0.4, 0.5) is 13.2 Å². The minimum atomic E-state index is -4.40. The van der Waals surface area contributed by atoms with Crippen LogP contribution in [0.15, 0.2) is 24.3 Å². The van der Waals surface area contributed by atoms with Crippen molar-refractivity contribution in [3.63, 3.8) is 0 Å². The van der Waals surface area contributed by atoms with Crippen molar-refractivity contribution >= 4 is 28.5 Å². The molecule has 0 N–H and O–H groups in total. The van der Waals surface area contributed by atoms with Crippen LogP contribution in [0, 0.1) is 8.99 Å². The SMILES string of the molecule is CC(C)(C)CN(CC(F)(F)F)C(=O)c1cccc(I)c1. The van der Waals surface area contributed by atoms with Gasteiger partial charge in [-0.2, -0.15) is 13.2 Å². The molecule has 1 aromatic carbocycles. The fourth-order valence-corrected chi connectivity index (χ4v) is 2.34. The van der Waals surface area contributed by atoms with Crippen molar-refractivity contribution in [2.24, 2.45) is 5.41 Å². The minimum Gasteiger partial charge on any atom is -0.329 e. The zero-order chi connectivity index (χ0) is 15.6. The van der Waals surface area contributed by atoms with Gasteiger partial charge in [0.2, 0.25) is 0 Å². The predicted octanol–water partition coefficient (Wildman–Crippen LogP) is 4.34. The van der Waals surface area contributed by atoms with Crippen molar-refractivity contribution in [1.82, 2.24) is 4.90 Å². The number of alkyl halides is 3. The van der Waals surface area contributed by atoms with E-state index in [1.165, 1.54) is 6.07 Å². The Morgan fingerprint density at radius 3 is 2.25 bits per heavy atom. The van der Waals surface area contributed by atoms with Gasteiger partial charge in [0.15, 0.2) is 0 Å². The zero-order valence-electron chi connectivity index (χ0n) is 11.6. The highest BCUT2D eigenvalue weighted by Gasteiger charge is 2.35. The maximum Gasteiger partial charge on any atom is 0.406 e. The monoisotopic (exact) mass is 399 g/mol. The molecule has 0 aromatic heterocycles. The first-order chi connectivity index (χ1) is 8.98. The van der Waals surface area contributed by atoms with Crippen LogP contribution in [-0.4, -0.2) is 30.1 Å². The van der Waals surface area contributed by atoms with Gasteiger partial charge in [-0.15, -0.1) is 0 Å². The molecule has 1 aromatic rings. The highest BCUT2D eigenvalue weighted by Crippen LogP contribution is 2.23. The lowest BCUT2D eigenvalue weighted by atomic mass is 9.95. The second-order valence-electron chi connectivity index (χ2n) is 5.85. The molecule has 0 aliphatic heterocycles. The van der Waals surface area contributed by atoms with Gasteiger partial charge in [0.25, 0.3) is 5.91 Å². The number of carbonyl (C=O) groups is 1. The van der Waals surface area contributed by atoms with Crippen LogP contribution in [0.5, 0.6) is 0 Å². The molecule has 0 atom stereocenters. The van der Waals surface area contributed by atoms with E-state index in [2.05, 4.69) is 0 Å². The Bertz CT molecular complexity index is 464. The first kappa shape index (κ1) is 17.3. The third-order valence-electron chi connectivity index (χ3n) is 2.39.